The van der Waals surface area contributed by atoms with Gasteiger partial charge in [0.1, 0.15) is 5.82 Å². The fraction of sp³-hybridized carbons (Fsp3) is 0.357. The van der Waals surface area contributed by atoms with Crippen molar-refractivity contribution in [3.05, 3.63) is 46.1 Å². The Morgan fingerprint density at radius 2 is 2.05 bits per heavy atom. The van der Waals surface area contributed by atoms with Gasteiger partial charge in [-0.1, -0.05) is 29.8 Å². The number of aliphatic hydroxyl groups excluding tert-OH is 1. The minimum atomic E-state index is 0.0708. The highest BCUT2D eigenvalue weighted by Crippen LogP contribution is 2.21. The summed E-state index contributed by atoms with van der Waals surface area (Å²) in [5.74, 6) is 0.937. The van der Waals surface area contributed by atoms with Gasteiger partial charge in [0.25, 0.3) is 0 Å². The van der Waals surface area contributed by atoms with E-state index in [0.717, 1.165) is 27.7 Å². The summed E-state index contributed by atoms with van der Waals surface area (Å²) in [6.07, 6.45) is 0. The molecule has 0 aliphatic rings. The van der Waals surface area contributed by atoms with Gasteiger partial charge >= 0.3 is 0 Å². The quantitative estimate of drug-likeness (QED) is 0.885. The van der Waals surface area contributed by atoms with E-state index in [1.807, 2.05) is 38.1 Å². The van der Waals surface area contributed by atoms with Gasteiger partial charge in [-0.05, 0) is 25.5 Å². The predicted molar refractivity (Wildman–Crippen MR) is 77.6 cm³/mol. The summed E-state index contributed by atoms with van der Waals surface area (Å²) in [5.41, 5.74) is 3.11. The van der Waals surface area contributed by atoms with Crippen LogP contribution in [0.1, 0.15) is 16.8 Å². The van der Waals surface area contributed by atoms with Gasteiger partial charge < -0.3 is 10.4 Å². The lowest BCUT2D eigenvalue weighted by Gasteiger charge is -2.11. The Morgan fingerprint density at radius 3 is 2.74 bits per heavy atom. The van der Waals surface area contributed by atoms with Crippen LogP contribution < -0.4 is 5.32 Å². The Bertz CT molecular complexity index is 566. The minimum Gasteiger partial charge on any atom is -0.394 e. The Kier molecular flexibility index (Phi) is 4.45. The lowest BCUT2D eigenvalue weighted by Crippen LogP contribution is -2.11. The zero-order valence-electron chi connectivity index (χ0n) is 11.2. The zero-order chi connectivity index (χ0) is 13.8. The first kappa shape index (κ1) is 13.9. The molecule has 0 bridgehead atoms. The third kappa shape index (κ3) is 3.08. The van der Waals surface area contributed by atoms with Gasteiger partial charge in [0, 0.05) is 17.1 Å². The summed E-state index contributed by atoms with van der Waals surface area (Å²) >= 11 is 6.13. The molecule has 1 aromatic heterocycles. The highest BCUT2D eigenvalue weighted by molar-refractivity contribution is 6.31. The van der Waals surface area contributed by atoms with E-state index in [4.69, 9.17) is 16.7 Å². The van der Waals surface area contributed by atoms with Crippen molar-refractivity contribution in [2.24, 2.45) is 0 Å². The fourth-order valence-electron chi connectivity index (χ4n) is 1.97. The van der Waals surface area contributed by atoms with E-state index in [1.165, 1.54) is 0 Å². The van der Waals surface area contributed by atoms with Crippen molar-refractivity contribution in [1.29, 1.82) is 0 Å². The molecule has 4 nitrogen and oxygen atoms in total. The summed E-state index contributed by atoms with van der Waals surface area (Å²) in [6.45, 7) is 5.17. The number of halogens is 1. The maximum absolute atomic E-state index is 9.06. The van der Waals surface area contributed by atoms with Crippen LogP contribution in [0.4, 0.5) is 5.82 Å². The van der Waals surface area contributed by atoms with E-state index in [1.54, 1.807) is 4.68 Å². The lowest BCUT2D eigenvalue weighted by atomic mass is 10.2. The maximum Gasteiger partial charge on any atom is 0.127 e. The van der Waals surface area contributed by atoms with Crippen LogP contribution in [-0.4, -0.2) is 21.5 Å². The normalized spacial score (nSPS) is 10.7. The van der Waals surface area contributed by atoms with Gasteiger partial charge in [-0.15, -0.1) is 0 Å². The van der Waals surface area contributed by atoms with Crippen LogP contribution in [-0.2, 0) is 13.1 Å². The van der Waals surface area contributed by atoms with Crippen molar-refractivity contribution in [3.8, 4) is 0 Å². The lowest BCUT2D eigenvalue weighted by molar-refractivity contribution is 0.270. The molecule has 0 amide bonds. The number of anilines is 1. The standard InChI is InChI=1S/C14H18ClN3O/c1-10-11(2)17-18(7-8-19)14(10)16-9-12-5-3-4-6-13(12)15/h3-6,16,19H,7-9H2,1-2H3. The second-order valence-corrected chi connectivity index (χ2v) is 4.86. The third-order valence-corrected chi connectivity index (χ3v) is 3.51. The molecule has 2 N–H and O–H groups in total. The molecule has 0 saturated carbocycles. The molecule has 0 aliphatic carbocycles. The summed E-state index contributed by atoms with van der Waals surface area (Å²) in [7, 11) is 0. The summed E-state index contributed by atoms with van der Waals surface area (Å²) in [4.78, 5) is 0. The zero-order valence-corrected chi connectivity index (χ0v) is 11.9. The topological polar surface area (TPSA) is 50.1 Å². The van der Waals surface area contributed by atoms with E-state index in [-0.39, 0.29) is 6.61 Å². The molecule has 102 valence electrons. The minimum absolute atomic E-state index is 0.0708. The van der Waals surface area contributed by atoms with E-state index < -0.39 is 0 Å². The van der Waals surface area contributed by atoms with E-state index in [0.29, 0.717) is 13.1 Å². The van der Waals surface area contributed by atoms with Crippen LogP contribution in [0, 0.1) is 13.8 Å². The molecule has 0 radical (unpaired) electrons. The maximum atomic E-state index is 9.06. The highest BCUT2D eigenvalue weighted by atomic mass is 35.5. The molecule has 0 unspecified atom stereocenters. The van der Waals surface area contributed by atoms with Gasteiger partial charge in [-0.25, -0.2) is 4.68 Å². The number of aliphatic hydroxyl groups is 1. The molecule has 0 saturated heterocycles. The second kappa shape index (κ2) is 6.08. The Balaban J connectivity index is 2.17. The number of aromatic nitrogens is 2. The van der Waals surface area contributed by atoms with Crippen molar-refractivity contribution in [3.63, 3.8) is 0 Å². The van der Waals surface area contributed by atoms with Crippen LogP contribution in [0.15, 0.2) is 24.3 Å². The average molecular weight is 280 g/mol. The van der Waals surface area contributed by atoms with Gasteiger partial charge in [-0.3, -0.25) is 0 Å². The predicted octanol–water partition coefficient (Wildman–Crippen LogP) is 2.76. The summed E-state index contributed by atoms with van der Waals surface area (Å²) in [5, 5.41) is 17.6. The van der Waals surface area contributed by atoms with Crippen molar-refractivity contribution in [2.45, 2.75) is 26.9 Å². The van der Waals surface area contributed by atoms with Crippen LogP contribution in [0.3, 0.4) is 0 Å². The van der Waals surface area contributed by atoms with Gasteiger partial charge in [0.05, 0.1) is 18.8 Å². The molecule has 0 atom stereocenters. The highest BCUT2D eigenvalue weighted by Gasteiger charge is 2.11. The summed E-state index contributed by atoms with van der Waals surface area (Å²) in [6, 6.07) is 7.75. The number of nitrogens with zero attached hydrogens (tertiary/aromatic N) is 2. The molecule has 0 fully saturated rings. The van der Waals surface area contributed by atoms with E-state index >= 15 is 0 Å². The molecular formula is C14H18ClN3O. The number of aryl methyl sites for hydroxylation is 1. The van der Waals surface area contributed by atoms with Crippen LogP contribution >= 0.6 is 11.6 Å². The van der Waals surface area contributed by atoms with Crippen molar-refractivity contribution < 1.29 is 5.11 Å². The molecule has 0 spiro atoms. The third-order valence-electron chi connectivity index (χ3n) is 3.14. The van der Waals surface area contributed by atoms with Gasteiger partial charge in [-0.2, -0.15) is 5.10 Å². The molecule has 5 heteroatoms. The van der Waals surface area contributed by atoms with E-state index in [9.17, 15) is 0 Å². The Hall–Kier alpha value is -1.52. The molecule has 2 aromatic rings. The molecule has 2 rings (SSSR count). The smallest absolute Gasteiger partial charge is 0.127 e. The largest absolute Gasteiger partial charge is 0.394 e. The van der Waals surface area contributed by atoms with Crippen molar-refractivity contribution in [1.82, 2.24) is 9.78 Å². The van der Waals surface area contributed by atoms with Gasteiger partial charge in [0.2, 0.25) is 0 Å². The van der Waals surface area contributed by atoms with E-state index in [2.05, 4.69) is 10.4 Å². The first-order valence-corrected chi connectivity index (χ1v) is 6.63. The van der Waals surface area contributed by atoms with Crippen LogP contribution in [0.5, 0.6) is 0 Å². The Labute approximate surface area is 118 Å². The van der Waals surface area contributed by atoms with Crippen molar-refractivity contribution >= 4 is 17.4 Å². The van der Waals surface area contributed by atoms with Gasteiger partial charge in [0.15, 0.2) is 0 Å². The molecule has 0 aliphatic heterocycles. The summed E-state index contributed by atoms with van der Waals surface area (Å²) < 4.78 is 1.79. The fourth-order valence-corrected chi connectivity index (χ4v) is 2.17. The first-order chi connectivity index (χ1) is 9.13. The second-order valence-electron chi connectivity index (χ2n) is 4.45. The molecule has 19 heavy (non-hydrogen) atoms. The van der Waals surface area contributed by atoms with Crippen molar-refractivity contribution in [2.75, 3.05) is 11.9 Å². The Morgan fingerprint density at radius 1 is 1.32 bits per heavy atom. The van der Waals surface area contributed by atoms with Crippen LogP contribution in [0.2, 0.25) is 5.02 Å². The molecule has 1 heterocycles. The number of rotatable bonds is 5. The molecular weight excluding hydrogens is 262 g/mol. The SMILES string of the molecule is Cc1nn(CCO)c(NCc2ccccc2Cl)c1C. The monoisotopic (exact) mass is 279 g/mol. The van der Waals surface area contributed by atoms with Crippen LogP contribution in [0.25, 0.3) is 0 Å². The average Bonchev–Trinajstić information content (AvgIpc) is 2.65. The number of benzene rings is 1. The number of nitrogens with one attached hydrogen (secondary N) is 1. The number of hydrogen-bond acceptors (Lipinski definition) is 3. The number of hydrogen-bond donors (Lipinski definition) is 2. The first-order valence-electron chi connectivity index (χ1n) is 6.25. The molecule has 1 aromatic carbocycles.